The summed E-state index contributed by atoms with van der Waals surface area (Å²) in [5.74, 6) is 0.138. The molecule has 0 N–H and O–H groups in total. The van der Waals surface area contributed by atoms with Gasteiger partial charge in [-0.2, -0.15) is 0 Å². The highest BCUT2D eigenvalue weighted by molar-refractivity contribution is 5.68. The van der Waals surface area contributed by atoms with Crippen molar-refractivity contribution < 1.29 is 17.9 Å². The highest BCUT2D eigenvalue weighted by atomic mass is 19.4. The first-order chi connectivity index (χ1) is 10.4. The molecule has 1 atom stereocenters. The zero-order chi connectivity index (χ0) is 16.2. The summed E-state index contributed by atoms with van der Waals surface area (Å²) in [6.45, 7) is 6.01. The Labute approximate surface area is 128 Å². The molecule has 22 heavy (non-hydrogen) atoms. The summed E-state index contributed by atoms with van der Waals surface area (Å²) < 4.78 is 40.5. The van der Waals surface area contributed by atoms with Crippen LogP contribution in [0.5, 0.6) is 5.75 Å². The molecule has 0 saturated carbocycles. The van der Waals surface area contributed by atoms with Gasteiger partial charge in [-0.3, -0.25) is 0 Å². The van der Waals surface area contributed by atoms with E-state index in [1.54, 1.807) is 12.1 Å². The molecular formula is C18H18F3O. The Hall–Kier alpha value is -1.97. The Morgan fingerprint density at radius 3 is 2.27 bits per heavy atom. The van der Waals surface area contributed by atoms with Crippen molar-refractivity contribution >= 4 is 0 Å². The lowest BCUT2D eigenvalue weighted by molar-refractivity contribution is -0.274. The van der Waals surface area contributed by atoms with Crippen LogP contribution in [-0.2, 0) is 0 Å². The molecule has 1 radical (unpaired) electrons. The van der Waals surface area contributed by atoms with Crippen LogP contribution < -0.4 is 4.74 Å². The Morgan fingerprint density at radius 1 is 1.05 bits per heavy atom. The van der Waals surface area contributed by atoms with E-state index in [1.165, 1.54) is 17.7 Å². The summed E-state index contributed by atoms with van der Waals surface area (Å²) in [5, 5.41) is 0. The molecule has 0 aliphatic rings. The fourth-order valence-corrected chi connectivity index (χ4v) is 2.49. The minimum atomic E-state index is -4.66. The zero-order valence-electron chi connectivity index (χ0n) is 12.4. The molecule has 1 nitrogen and oxygen atoms in total. The van der Waals surface area contributed by atoms with E-state index in [-0.39, 0.29) is 5.75 Å². The van der Waals surface area contributed by atoms with Gasteiger partial charge in [0.1, 0.15) is 5.75 Å². The van der Waals surface area contributed by atoms with Gasteiger partial charge < -0.3 is 4.74 Å². The topological polar surface area (TPSA) is 9.23 Å². The fraction of sp³-hybridized carbons (Fsp3) is 0.278. The number of hydrogen-bond acceptors (Lipinski definition) is 1. The van der Waals surface area contributed by atoms with Crippen molar-refractivity contribution in [3.63, 3.8) is 0 Å². The van der Waals surface area contributed by atoms with Gasteiger partial charge in [0.15, 0.2) is 0 Å². The summed E-state index contributed by atoms with van der Waals surface area (Å²) in [4.78, 5) is 0. The molecule has 0 fully saturated rings. The van der Waals surface area contributed by atoms with Crippen molar-refractivity contribution in [2.75, 3.05) is 0 Å². The third kappa shape index (κ3) is 4.26. The predicted octanol–water partition coefficient (Wildman–Crippen LogP) is 5.97. The van der Waals surface area contributed by atoms with Gasteiger partial charge in [-0.25, -0.2) is 0 Å². The Morgan fingerprint density at radius 2 is 1.68 bits per heavy atom. The smallest absolute Gasteiger partial charge is 0.406 e. The van der Waals surface area contributed by atoms with Crippen molar-refractivity contribution in [1.82, 2.24) is 0 Å². The monoisotopic (exact) mass is 307 g/mol. The van der Waals surface area contributed by atoms with Crippen molar-refractivity contribution in [2.45, 2.75) is 32.0 Å². The van der Waals surface area contributed by atoms with Crippen molar-refractivity contribution in [1.29, 1.82) is 0 Å². The SMILES string of the molecule is [CH2]CCC(C)c1ccccc1-c1ccc(OC(F)(F)F)cc1. The molecule has 0 saturated heterocycles. The maximum absolute atomic E-state index is 12.2. The number of alkyl halides is 3. The van der Waals surface area contributed by atoms with Gasteiger partial charge in [-0.05, 0) is 41.2 Å². The number of benzene rings is 2. The Bertz CT molecular complexity index is 602. The van der Waals surface area contributed by atoms with Crippen LogP contribution in [0.3, 0.4) is 0 Å². The minimum Gasteiger partial charge on any atom is -0.406 e. The highest BCUT2D eigenvalue weighted by Gasteiger charge is 2.31. The molecule has 0 heterocycles. The maximum atomic E-state index is 12.2. The van der Waals surface area contributed by atoms with Crippen LogP contribution in [0.2, 0.25) is 0 Å². The molecule has 0 aromatic heterocycles. The van der Waals surface area contributed by atoms with Crippen molar-refractivity contribution in [3.8, 4) is 16.9 Å². The Balaban J connectivity index is 2.29. The molecule has 0 amide bonds. The molecule has 2 aromatic rings. The van der Waals surface area contributed by atoms with Gasteiger partial charge in [-0.1, -0.05) is 56.7 Å². The predicted molar refractivity (Wildman–Crippen MR) is 81.6 cm³/mol. The molecule has 2 aromatic carbocycles. The summed E-state index contributed by atoms with van der Waals surface area (Å²) >= 11 is 0. The van der Waals surface area contributed by atoms with E-state index in [0.29, 0.717) is 5.92 Å². The zero-order valence-corrected chi connectivity index (χ0v) is 12.4. The number of ether oxygens (including phenoxy) is 1. The van der Waals surface area contributed by atoms with E-state index in [9.17, 15) is 13.2 Å². The van der Waals surface area contributed by atoms with Gasteiger partial charge in [0.25, 0.3) is 0 Å². The average molecular weight is 307 g/mol. The lowest BCUT2D eigenvalue weighted by atomic mass is 9.89. The molecular weight excluding hydrogens is 289 g/mol. The first-order valence-corrected chi connectivity index (χ1v) is 7.15. The summed E-state index contributed by atoms with van der Waals surface area (Å²) in [6, 6.07) is 13.9. The lowest BCUT2D eigenvalue weighted by Gasteiger charge is -2.16. The first-order valence-electron chi connectivity index (χ1n) is 7.15. The maximum Gasteiger partial charge on any atom is 0.573 e. The molecule has 0 spiro atoms. The molecule has 0 aliphatic heterocycles. The lowest BCUT2D eigenvalue weighted by Crippen LogP contribution is -2.16. The van der Waals surface area contributed by atoms with E-state index in [4.69, 9.17) is 0 Å². The number of halogens is 3. The van der Waals surface area contributed by atoms with Crippen LogP contribution in [0, 0.1) is 6.92 Å². The van der Waals surface area contributed by atoms with Crippen molar-refractivity contribution in [3.05, 3.63) is 61.0 Å². The van der Waals surface area contributed by atoms with Crippen LogP contribution in [0.15, 0.2) is 48.5 Å². The first kappa shape index (κ1) is 16.4. The third-order valence-corrected chi connectivity index (χ3v) is 3.53. The van der Waals surface area contributed by atoms with E-state index >= 15 is 0 Å². The van der Waals surface area contributed by atoms with Gasteiger partial charge in [-0.15, -0.1) is 13.2 Å². The molecule has 0 aliphatic carbocycles. The number of rotatable bonds is 5. The summed E-state index contributed by atoms with van der Waals surface area (Å²) in [6.07, 6.45) is -2.86. The summed E-state index contributed by atoms with van der Waals surface area (Å²) in [5.41, 5.74) is 3.08. The van der Waals surface area contributed by atoms with Gasteiger partial charge >= 0.3 is 6.36 Å². The fourth-order valence-electron chi connectivity index (χ4n) is 2.49. The minimum absolute atomic E-state index is 0.209. The van der Waals surface area contributed by atoms with E-state index < -0.39 is 6.36 Å². The Kier molecular flexibility index (Phi) is 5.11. The molecule has 0 bridgehead atoms. The second kappa shape index (κ2) is 6.86. The molecule has 4 heteroatoms. The van der Waals surface area contributed by atoms with E-state index in [1.807, 2.05) is 18.2 Å². The van der Waals surface area contributed by atoms with Crippen LogP contribution >= 0.6 is 0 Å². The second-order valence-corrected chi connectivity index (χ2v) is 5.20. The van der Waals surface area contributed by atoms with Gasteiger partial charge in [0, 0.05) is 0 Å². The molecule has 1 unspecified atom stereocenters. The van der Waals surface area contributed by atoms with Crippen LogP contribution in [-0.4, -0.2) is 6.36 Å². The normalized spacial score (nSPS) is 13.0. The summed E-state index contributed by atoms with van der Waals surface area (Å²) in [7, 11) is 0. The largest absolute Gasteiger partial charge is 0.573 e. The molecule has 2 rings (SSSR count). The second-order valence-electron chi connectivity index (χ2n) is 5.20. The van der Waals surface area contributed by atoms with Crippen LogP contribution in [0.25, 0.3) is 11.1 Å². The highest BCUT2D eigenvalue weighted by Crippen LogP contribution is 2.33. The number of hydrogen-bond donors (Lipinski definition) is 0. The van der Waals surface area contributed by atoms with Crippen molar-refractivity contribution in [2.24, 2.45) is 0 Å². The van der Waals surface area contributed by atoms with Gasteiger partial charge in [0.05, 0.1) is 0 Å². The van der Waals surface area contributed by atoms with Crippen LogP contribution in [0.4, 0.5) is 13.2 Å². The standard InChI is InChI=1S/C18H18F3O/c1-3-6-13(2)16-7-4-5-8-17(16)14-9-11-15(12-10-14)22-18(19,20)21/h4-5,7-13H,1,3,6H2,2H3. The van der Waals surface area contributed by atoms with E-state index in [2.05, 4.69) is 24.7 Å². The van der Waals surface area contributed by atoms with E-state index in [0.717, 1.165) is 24.0 Å². The average Bonchev–Trinajstić information content (AvgIpc) is 2.47. The molecule has 117 valence electrons. The van der Waals surface area contributed by atoms with Crippen LogP contribution in [0.1, 0.15) is 31.2 Å². The third-order valence-electron chi connectivity index (χ3n) is 3.53. The quantitative estimate of drug-likeness (QED) is 0.661. The van der Waals surface area contributed by atoms with Gasteiger partial charge in [0.2, 0.25) is 0 Å².